The molecule has 0 N–H and O–H groups in total. The van der Waals surface area contributed by atoms with Crippen molar-refractivity contribution < 1.29 is 4.74 Å². The molecule has 0 heterocycles. The number of thiol groups is 1. The Balaban J connectivity index is 2.59. The third kappa shape index (κ3) is 4.63. The highest BCUT2D eigenvalue weighted by atomic mass is 32.1. The van der Waals surface area contributed by atoms with E-state index in [1.807, 2.05) is 30.3 Å². The Labute approximate surface area is 111 Å². The Morgan fingerprint density at radius 2 is 1.65 bits per heavy atom. The fourth-order valence-electron chi connectivity index (χ4n) is 2.29. The smallest absolute Gasteiger partial charge is 0.119 e. The van der Waals surface area contributed by atoms with E-state index in [1.54, 1.807) is 0 Å². The van der Waals surface area contributed by atoms with Crippen LogP contribution in [-0.4, -0.2) is 12.4 Å². The maximum Gasteiger partial charge on any atom is 0.119 e. The van der Waals surface area contributed by atoms with Crippen molar-refractivity contribution in [1.29, 1.82) is 0 Å². The van der Waals surface area contributed by atoms with Crippen LogP contribution in [0.5, 0.6) is 5.75 Å². The molecule has 1 aromatic rings. The van der Waals surface area contributed by atoms with Gasteiger partial charge in [0.25, 0.3) is 0 Å². The van der Waals surface area contributed by atoms with E-state index in [2.05, 4.69) is 26.5 Å². The number of hydrogen-bond donors (Lipinski definition) is 1. The molecular formula is C15H24OS. The molecule has 0 amide bonds. The molecule has 0 aliphatic rings. The van der Waals surface area contributed by atoms with Gasteiger partial charge in [0.05, 0.1) is 6.61 Å². The van der Waals surface area contributed by atoms with Gasteiger partial charge in [-0.1, -0.05) is 44.9 Å². The Hall–Kier alpha value is -0.630. The summed E-state index contributed by atoms with van der Waals surface area (Å²) in [6, 6.07) is 10.1. The highest BCUT2D eigenvalue weighted by Crippen LogP contribution is 2.32. The summed E-state index contributed by atoms with van der Waals surface area (Å²) in [6.07, 6.45) is 4.77. The van der Waals surface area contributed by atoms with Crippen LogP contribution in [0.3, 0.4) is 0 Å². The van der Waals surface area contributed by atoms with E-state index in [0.717, 1.165) is 18.1 Å². The Kier molecular flexibility index (Phi) is 6.49. The van der Waals surface area contributed by atoms with Crippen molar-refractivity contribution in [1.82, 2.24) is 0 Å². The van der Waals surface area contributed by atoms with Gasteiger partial charge in [-0.2, -0.15) is 12.6 Å². The second-order valence-corrected chi connectivity index (χ2v) is 5.08. The summed E-state index contributed by atoms with van der Waals surface area (Å²) in [5.41, 5.74) is 0.239. The zero-order chi connectivity index (χ0) is 12.6. The molecule has 0 aromatic heterocycles. The van der Waals surface area contributed by atoms with Crippen LogP contribution in [0.1, 0.15) is 39.5 Å². The van der Waals surface area contributed by atoms with Crippen molar-refractivity contribution in [2.45, 2.75) is 39.5 Å². The summed E-state index contributed by atoms with van der Waals surface area (Å²) in [4.78, 5) is 0. The molecule has 17 heavy (non-hydrogen) atoms. The van der Waals surface area contributed by atoms with E-state index in [4.69, 9.17) is 4.74 Å². The fraction of sp³-hybridized carbons (Fsp3) is 0.600. The average molecular weight is 252 g/mol. The van der Waals surface area contributed by atoms with Gasteiger partial charge < -0.3 is 4.74 Å². The van der Waals surface area contributed by atoms with E-state index >= 15 is 0 Å². The molecule has 1 rings (SSSR count). The first-order valence-electron chi connectivity index (χ1n) is 6.55. The topological polar surface area (TPSA) is 9.23 Å². The molecule has 0 radical (unpaired) electrons. The molecule has 0 aliphatic carbocycles. The third-order valence-corrected chi connectivity index (χ3v) is 3.86. The van der Waals surface area contributed by atoms with Gasteiger partial charge in [-0.25, -0.2) is 0 Å². The summed E-state index contributed by atoms with van der Waals surface area (Å²) in [7, 11) is 0. The average Bonchev–Trinajstić information content (AvgIpc) is 2.38. The first kappa shape index (κ1) is 14.4. The molecule has 96 valence electrons. The lowest BCUT2D eigenvalue weighted by atomic mass is 9.82. The van der Waals surface area contributed by atoms with Gasteiger partial charge in [0, 0.05) is 5.41 Å². The maximum absolute atomic E-state index is 5.92. The first-order chi connectivity index (χ1) is 8.26. The zero-order valence-corrected chi connectivity index (χ0v) is 11.9. The lowest BCUT2D eigenvalue weighted by Gasteiger charge is -2.31. The molecule has 0 bridgehead atoms. The minimum Gasteiger partial charge on any atom is -0.493 e. The predicted molar refractivity (Wildman–Crippen MR) is 78.0 cm³/mol. The van der Waals surface area contributed by atoms with Crippen molar-refractivity contribution in [2.24, 2.45) is 5.41 Å². The summed E-state index contributed by atoms with van der Waals surface area (Å²) in [5, 5.41) is 0. The maximum atomic E-state index is 5.92. The highest BCUT2D eigenvalue weighted by Gasteiger charge is 2.27. The monoisotopic (exact) mass is 252 g/mol. The van der Waals surface area contributed by atoms with Gasteiger partial charge >= 0.3 is 0 Å². The molecule has 0 spiro atoms. The Morgan fingerprint density at radius 1 is 1.06 bits per heavy atom. The van der Waals surface area contributed by atoms with Gasteiger partial charge in [0.15, 0.2) is 0 Å². The number of para-hydroxylation sites is 1. The van der Waals surface area contributed by atoms with Crippen LogP contribution in [-0.2, 0) is 0 Å². The fourth-order valence-corrected chi connectivity index (χ4v) is 2.69. The molecular weight excluding hydrogens is 228 g/mol. The second-order valence-electron chi connectivity index (χ2n) is 4.76. The van der Waals surface area contributed by atoms with Crippen molar-refractivity contribution in [3.63, 3.8) is 0 Å². The standard InChI is InChI=1S/C15H24OS/c1-3-10-15(13-17,11-4-2)12-16-14-8-6-5-7-9-14/h5-9,17H,3-4,10-13H2,1-2H3. The largest absolute Gasteiger partial charge is 0.493 e. The molecule has 0 aliphatic heterocycles. The Bertz CT molecular complexity index is 291. The third-order valence-electron chi connectivity index (χ3n) is 3.18. The molecule has 2 heteroatoms. The van der Waals surface area contributed by atoms with Crippen LogP contribution in [0.25, 0.3) is 0 Å². The van der Waals surface area contributed by atoms with Crippen LogP contribution in [0.15, 0.2) is 30.3 Å². The molecule has 0 saturated carbocycles. The van der Waals surface area contributed by atoms with E-state index < -0.39 is 0 Å². The van der Waals surface area contributed by atoms with Gasteiger partial charge in [0.1, 0.15) is 5.75 Å². The molecule has 0 saturated heterocycles. The van der Waals surface area contributed by atoms with Gasteiger partial charge in [0.2, 0.25) is 0 Å². The van der Waals surface area contributed by atoms with E-state index in [9.17, 15) is 0 Å². The van der Waals surface area contributed by atoms with Crippen LogP contribution in [0, 0.1) is 5.41 Å². The van der Waals surface area contributed by atoms with Crippen LogP contribution < -0.4 is 4.74 Å². The van der Waals surface area contributed by atoms with Crippen molar-refractivity contribution >= 4 is 12.6 Å². The number of hydrogen-bond acceptors (Lipinski definition) is 2. The highest BCUT2D eigenvalue weighted by molar-refractivity contribution is 7.80. The molecule has 0 fully saturated rings. The number of rotatable bonds is 8. The molecule has 1 nitrogen and oxygen atoms in total. The molecule has 0 atom stereocenters. The van der Waals surface area contributed by atoms with Gasteiger partial charge in [-0.05, 0) is 30.7 Å². The van der Waals surface area contributed by atoms with Crippen molar-refractivity contribution in [3.8, 4) is 5.75 Å². The summed E-state index contributed by atoms with van der Waals surface area (Å²) < 4.78 is 5.92. The minimum absolute atomic E-state index is 0.239. The lowest BCUT2D eigenvalue weighted by molar-refractivity contribution is 0.143. The van der Waals surface area contributed by atoms with Crippen LogP contribution >= 0.6 is 12.6 Å². The Morgan fingerprint density at radius 3 is 2.12 bits per heavy atom. The molecule has 1 aromatic carbocycles. The van der Waals surface area contributed by atoms with E-state index in [0.29, 0.717) is 0 Å². The zero-order valence-electron chi connectivity index (χ0n) is 11.0. The van der Waals surface area contributed by atoms with Crippen molar-refractivity contribution in [3.05, 3.63) is 30.3 Å². The predicted octanol–water partition coefficient (Wildman–Crippen LogP) is 4.58. The van der Waals surface area contributed by atoms with E-state index in [1.165, 1.54) is 25.7 Å². The SMILES string of the molecule is CCCC(CS)(CCC)COc1ccccc1. The molecule has 0 unspecified atom stereocenters. The van der Waals surface area contributed by atoms with Gasteiger partial charge in [-0.3, -0.25) is 0 Å². The quantitative estimate of drug-likeness (QED) is 0.666. The lowest BCUT2D eigenvalue weighted by Crippen LogP contribution is -2.30. The summed E-state index contributed by atoms with van der Waals surface area (Å²) in [5.74, 6) is 1.87. The van der Waals surface area contributed by atoms with Crippen molar-refractivity contribution in [2.75, 3.05) is 12.4 Å². The second kappa shape index (κ2) is 7.65. The number of ether oxygens (including phenoxy) is 1. The first-order valence-corrected chi connectivity index (χ1v) is 7.18. The normalized spacial score (nSPS) is 11.5. The van der Waals surface area contributed by atoms with Crippen LogP contribution in [0.2, 0.25) is 0 Å². The number of benzene rings is 1. The minimum atomic E-state index is 0.239. The van der Waals surface area contributed by atoms with Gasteiger partial charge in [-0.15, -0.1) is 0 Å². The summed E-state index contributed by atoms with van der Waals surface area (Å²) >= 11 is 4.54. The van der Waals surface area contributed by atoms with Crippen LogP contribution in [0.4, 0.5) is 0 Å². The van der Waals surface area contributed by atoms with E-state index in [-0.39, 0.29) is 5.41 Å². The summed E-state index contributed by atoms with van der Waals surface area (Å²) in [6.45, 7) is 5.24.